The minimum Gasteiger partial charge on any atom is -0.330 e. The van der Waals surface area contributed by atoms with Crippen LogP contribution in [-0.2, 0) is 7.05 Å². The standard InChI is InChI=1S/C12H15N5O/c1-16-8-9(7-14-16)12(18)17-6-2-3-11(17)10-4-5-13-15-10/h4-5,7-8,11H,2-3,6H2,1H3,(H,13,15). The van der Waals surface area contributed by atoms with Crippen molar-refractivity contribution in [2.45, 2.75) is 18.9 Å². The van der Waals surface area contributed by atoms with Crippen molar-refractivity contribution in [2.75, 3.05) is 6.54 Å². The summed E-state index contributed by atoms with van der Waals surface area (Å²) in [6.45, 7) is 0.789. The van der Waals surface area contributed by atoms with Crippen LogP contribution >= 0.6 is 0 Å². The van der Waals surface area contributed by atoms with Crippen molar-refractivity contribution in [3.63, 3.8) is 0 Å². The lowest BCUT2D eigenvalue weighted by molar-refractivity contribution is 0.0733. The first-order chi connectivity index (χ1) is 8.75. The van der Waals surface area contributed by atoms with Gasteiger partial charge < -0.3 is 4.90 Å². The van der Waals surface area contributed by atoms with Gasteiger partial charge in [0.15, 0.2) is 0 Å². The van der Waals surface area contributed by atoms with Gasteiger partial charge in [-0.3, -0.25) is 14.6 Å². The van der Waals surface area contributed by atoms with E-state index in [4.69, 9.17) is 0 Å². The van der Waals surface area contributed by atoms with Crippen molar-refractivity contribution in [2.24, 2.45) is 7.05 Å². The zero-order chi connectivity index (χ0) is 12.5. The number of carbonyl (C=O) groups excluding carboxylic acids is 1. The Morgan fingerprint density at radius 2 is 2.44 bits per heavy atom. The van der Waals surface area contributed by atoms with Crippen molar-refractivity contribution in [1.29, 1.82) is 0 Å². The predicted molar refractivity (Wildman–Crippen MR) is 64.8 cm³/mol. The number of rotatable bonds is 2. The molecular formula is C12H15N5O. The zero-order valence-electron chi connectivity index (χ0n) is 10.2. The first-order valence-electron chi connectivity index (χ1n) is 6.04. The number of hydrogen-bond donors (Lipinski definition) is 1. The molecule has 0 aromatic carbocycles. The van der Waals surface area contributed by atoms with E-state index in [0.29, 0.717) is 5.56 Å². The fourth-order valence-corrected chi connectivity index (χ4v) is 2.48. The second-order valence-electron chi connectivity index (χ2n) is 4.57. The van der Waals surface area contributed by atoms with Gasteiger partial charge in [-0.1, -0.05) is 0 Å². The minimum absolute atomic E-state index is 0.0419. The van der Waals surface area contributed by atoms with Gasteiger partial charge in [-0.25, -0.2) is 0 Å². The first kappa shape index (κ1) is 11.0. The van der Waals surface area contributed by atoms with E-state index in [0.717, 1.165) is 25.1 Å². The van der Waals surface area contributed by atoms with Gasteiger partial charge in [0.05, 0.1) is 23.5 Å². The number of aromatic amines is 1. The minimum atomic E-state index is 0.0419. The molecular weight excluding hydrogens is 230 g/mol. The summed E-state index contributed by atoms with van der Waals surface area (Å²) in [5.74, 6) is 0.0419. The molecule has 1 fully saturated rings. The molecule has 1 atom stereocenters. The summed E-state index contributed by atoms with van der Waals surface area (Å²) in [5.41, 5.74) is 1.65. The molecule has 6 nitrogen and oxygen atoms in total. The highest BCUT2D eigenvalue weighted by atomic mass is 16.2. The second-order valence-corrected chi connectivity index (χ2v) is 4.57. The van der Waals surface area contributed by atoms with Gasteiger partial charge in [-0.2, -0.15) is 10.2 Å². The number of amides is 1. The van der Waals surface area contributed by atoms with E-state index in [1.807, 2.05) is 18.0 Å². The Kier molecular flexibility index (Phi) is 2.62. The maximum Gasteiger partial charge on any atom is 0.257 e. The third-order valence-electron chi connectivity index (χ3n) is 3.35. The summed E-state index contributed by atoms with van der Waals surface area (Å²) in [4.78, 5) is 14.3. The Balaban J connectivity index is 1.85. The van der Waals surface area contributed by atoms with E-state index >= 15 is 0 Å². The van der Waals surface area contributed by atoms with Crippen LogP contribution in [0, 0.1) is 0 Å². The molecule has 2 aromatic heterocycles. The molecule has 2 aromatic rings. The van der Waals surface area contributed by atoms with Crippen molar-refractivity contribution in [3.8, 4) is 0 Å². The Labute approximate surface area is 105 Å². The van der Waals surface area contributed by atoms with Gasteiger partial charge >= 0.3 is 0 Å². The fourth-order valence-electron chi connectivity index (χ4n) is 2.48. The smallest absolute Gasteiger partial charge is 0.257 e. The number of hydrogen-bond acceptors (Lipinski definition) is 3. The van der Waals surface area contributed by atoms with Crippen LogP contribution in [0.3, 0.4) is 0 Å². The van der Waals surface area contributed by atoms with E-state index in [-0.39, 0.29) is 11.9 Å². The number of aryl methyl sites for hydroxylation is 1. The molecule has 1 aliphatic rings. The number of H-pyrrole nitrogens is 1. The molecule has 1 saturated heterocycles. The highest BCUT2D eigenvalue weighted by molar-refractivity contribution is 5.94. The lowest BCUT2D eigenvalue weighted by atomic mass is 10.1. The summed E-state index contributed by atoms with van der Waals surface area (Å²) in [5, 5.41) is 11.0. The average Bonchev–Trinajstić information content (AvgIpc) is 3.08. The molecule has 3 rings (SSSR count). The average molecular weight is 245 g/mol. The van der Waals surface area contributed by atoms with Crippen molar-refractivity contribution in [1.82, 2.24) is 24.9 Å². The monoisotopic (exact) mass is 245 g/mol. The summed E-state index contributed by atoms with van der Waals surface area (Å²) in [6, 6.07) is 2.04. The molecule has 18 heavy (non-hydrogen) atoms. The SMILES string of the molecule is Cn1cc(C(=O)N2CCCC2c2ccn[nH]2)cn1. The van der Waals surface area contributed by atoms with E-state index in [9.17, 15) is 4.79 Å². The maximum atomic E-state index is 12.4. The van der Waals surface area contributed by atoms with Gasteiger partial charge in [0, 0.05) is 26.0 Å². The second kappa shape index (κ2) is 4.29. The van der Waals surface area contributed by atoms with Crippen LogP contribution in [0.15, 0.2) is 24.7 Å². The molecule has 1 N–H and O–H groups in total. The van der Waals surface area contributed by atoms with Crippen LogP contribution < -0.4 is 0 Å². The Morgan fingerprint density at radius 1 is 1.56 bits per heavy atom. The lowest BCUT2D eigenvalue weighted by Gasteiger charge is -2.23. The van der Waals surface area contributed by atoms with Crippen LogP contribution in [0.25, 0.3) is 0 Å². The lowest BCUT2D eigenvalue weighted by Crippen LogP contribution is -2.30. The largest absolute Gasteiger partial charge is 0.330 e. The van der Waals surface area contributed by atoms with Gasteiger partial charge in [0.25, 0.3) is 5.91 Å². The van der Waals surface area contributed by atoms with Crippen LogP contribution in [-0.4, -0.2) is 37.3 Å². The summed E-state index contributed by atoms with van der Waals surface area (Å²) < 4.78 is 1.65. The highest BCUT2D eigenvalue weighted by Gasteiger charge is 2.31. The molecule has 0 aliphatic carbocycles. The molecule has 1 unspecified atom stereocenters. The molecule has 0 spiro atoms. The topological polar surface area (TPSA) is 66.8 Å². The van der Waals surface area contributed by atoms with Crippen molar-refractivity contribution in [3.05, 3.63) is 35.9 Å². The third-order valence-corrected chi connectivity index (χ3v) is 3.35. The fraction of sp³-hybridized carbons (Fsp3) is 0.417. The van der Waals surface area contributed by atoms with Gasteiger partial charge in [-0.05, 0) is 18.9 Å². The third kappa shape index (κ3) is 1.79. The zero-order valence-corrected chi connectivity index (χ0v) is 10.2. The van der Waals surface area contributed by atoms with Crippen LogP contribution in [0.4, 0.5) is 0 Å². The van der Waals surface area contributed by atoms with Gasteiger partial charge in [-0.15, -0.1) is 0 Å². The van der Waals surface area contributed by atoms with Crippen LogP contribution in [0.1, 0.15) is 34.9 Å². The van der Waals surface area contributed by atoms with E-state index in [1.165, 1.54) is 0 Å². The molecule has 1 aliphatic heterocycles. The predicted octanol–water partition coefficient (Wildman–Crippen LogP) is 1.12. The number of aromatic nitrogens is 4. The van der Waals surface area contributed by atoms with Crippen LogP contribution in [0.2, 0.25) is 0 Å². The quantitative estimate of drug-likeness (QED) is 0.862. The number of nitrogens with zero attached hydrogens (tertiary/aromatic N) is 4. The molecule has 94 valence electrons. The van der Waals surface area contributed by atoms with Gasteiger partial charge in [0.2, 0.25) is 0 Å². The normalized spacial score (nSPS) is 19.4. The van der Waals surface area contributed by atoms with E-state index < -0.39 is 0 Å². The molecule has 3 heterocycles. The molecule has 6 heteroatoms. The summed E-state index contributed by atoms with van der Waals surface area (Å²) >= 11 is 0. The van der Waals surface area contributed by atoms with Crippen molar-refractivity contribution >= 4 is 5.91 Å². The van der Waals surface area contributed by atoms with Gasteiger partial charge in [0.1, 0.15) is 0 Å². The first-order valence-corrected chi connectivity index (χ1v) is 6.04. The molecule has 0 bridgehead atoms. The number of carbonyl (C=O) groups is 1. The summed E-state index contributed by atoms with van der Waals surface area (Å²) in [6.07, 6.45) is 7.10. The Hall–Kier alpha value is -2.11. The summed E-state index contributed by atoms with van der Waals surface area (Å²) in [7, 11) is 1.81. The number of nitrogens with one attached hydrogen (secondary N) is 1. The van der Waals surface area contributed by atoms with Crippen LogP contribution in [0.5, 0.6) is 0 Å². The molecule has 0 radical (unpaired) electrons. The number of likely N-dealkylation sites (tertiary alicyclic amines) is 1. The van der Waals surface area contributed by atoms with E-state index in [1.54, 1.807) is 23.3 Å². The Morgan fingerprint density at radius 3 is 3.11 bits per heavy atom. The molecule has 0 saturated carbocycles. The van der Waals surface area contributed by atoms with E-state index in [2.05, 4.69) is 15.3 Å². The maximum absolute atomic E-state index is 12.4. The molecule has 1 amide bonds. The Bertz CT molecular complexity index is 545. The highest BCUT2D eigenvalue weighted by Crippen LogP contribution is 2.31. The van der Waals surface area contributed by atoms with Crippen molar-refractivity contribution < 1.29 is 4.79 Å².